The summed E-state index contributed by atoms with van der Waals surface area (Å²) < 4.78 is 6.60. The van der Waals surface area contributed by atoms with Gasteiger partial charge < -0.3 is 9.64 Å². The molecule has 8 aromatic carbocycles. The molecule has 2 atom stereocenters. The van der Waals surface area contributed by atoms with Crippen LogP contribution in [0, 0.1) is 0 Å². The summed E-state index contributed by atoms with van der Waals surface area (Å²) in [6.07, 6.45) is 6.88. The van der Waals surface area contributed by atoms with Gasteiger partial charge in [-0.3, -0.25) is 0 Å². The lowest BCUT2D eigenvalue weighted by molar-refractivity contribution is 0.272. The topological polar surface area (TPSA) is 12.5 Å². The molecule has 0 radical (unpaired) electrons. The number of anilines is 3. The fourth-order valence-electron chi connectivity index (χ4n) is 7.98. The van der Waals surface area contributed by atoms with Gasteiger partial charge in [-0.05, 0) is 86.5 Å². The van der Waals surface area contributed by atoms with E-state index in [1.54, 1.807) is 0 Å². The molecule has 2 heteroatoms. The van der Waals surface area contributed by atoms with E-state index in [2.05, 4.69) is 205 Å². The van der Waals surface area contributed by atoms with Crippen molar-refractivity contribution in [2.75, 3.05) is 4.90 Å². The molecule has 0 aromatic heterocycles. The molecule has 1 aliphatic heterocycles. The molecular weight excluding hydrogens is 631 g/mol. The van der Waals surface area contributed by atoms with Crippen molar-refractivity contribution in [1.29, 1.82) is 0 Å². The number of hydrogen-bond donors (Lipinski definition) is 0. The Kier molecular flexibility index (Phi) is 7.32. The first-order chi connectivity index (χ1) is 25.8. The average molecular weight is 666 g/mol. The van der Waals surface area contributed by atoms with Crippen LogP contribution in [0.4, 0.5) is 17.1 Å². The highest BCUT2D eigenvalue weighted by atomic mass is 16.5. The largest absolute Gasteiger partial charge is 0.484 e. The van der Waals surface area contributed by atoms with Gasteiger partial charge in [-0.15, -0.1) is 0 Å². The second-order valence-electron chi connectivity index (χ2n) is 13.7. The van der Waals surface area contributed by atoms with Crippen LogP contribution < -0.4 is 9.64 Å². The summed E-state index contributed by atoms with van der Waals surface area (Å²) >= 11 is 0. The number of para-hydroxylation sites is 1. The van der Waals surface area contributed by atoms with Gasteiger partial charge in [0.05, 0.1) is 5.69 Å². The summed E-state index contributed by atoms with van der Waals surface area (Å²) in [5.41, 5.74) is 11.8. The lowest BCUT2D eigenvalue weighted by Gasteiger charge is -2.29. The van der Waals surface area contributed by atoms with E-state index in [-0.39, 0.29) is 12.0 Å². The number of rotatable bonds is 6. The van der Waals surface area contributed by atoms with Gasteiger partial charge in [0.15, 0.2) is 0 Å². The Morgan fingerprint density at radius 1 is 0.462 bits per heavy atom. The van der Waals surface area contributed by atoms with Crippen LogP contribution in [-0.4, -0.2) is 6.10 Å². The summed E-state index contributed by atoms with van der Waals surface area (Å²) in [7, 11) is 0. The fourth-order valence-corrected chi connectivity index (χ4v) is 7.98. The number of allylic oxidation sites excluding steroid dienone is 2. The van der Waals surface area contributed by atoms with Crippen LogP contribution in [0.3, 0.4) is 0 Å². The number of ether oxygens (including phenoxy) is 1. The molecule has 52 heavy (non-hydrogen) atoms. The van der Waals surface area contributed by atoms with Gasteiger partial charge in [0.2, 0.25) is 0 Å². The molecule has 2 aliphatic rings. The van der Waals surface area contributed by atoms with Gasteiger partial charge in [0.1, 0.15) is 11.9 Å². The van der Waals surface area contributed by atoms with E-state index in [0.717, 1.165) is 22.8 Å². The first-order valence-electron chi connectivity index (χ1n) is 18.0. The van der Waals surface area contributed by atoms with Crippen molar-refractivity contribution in [2.45, 2.75) is 12.0 Å². The summed E-state index contributed by atoms with van der Waals surface area (Å²) in [5.74, 6) is 1.16. The SMILES string of the molecule is C1=CC2Oc3c(ccc4ccccc34)C2C=C1c1ccccc1N(c1ccc(-c2cccc(-c3ccccc3)c2)cc1)c1ccc2ccccc2c1. The molecule has 0 spiro atoms. The van der Waals surface area contributed by atoms with E-state index in [9.17, 15) is 0 Å². The molecule has 0 bridgehead atoms. The fraction of sp³-hybridized carbons (Fsp3) is 0.0400. The molecule has 1 heterocycles. The Balaban J connectivity index is 1.07. The number of nitrogens with zero attached hydrogens (tertiary/aromatic N) is 1. The van der Waals surface area contributed by atoms with Gasteiger partial charge in [-0.25, -0.2) is 0 Å². The standard InChI is InChI=1S/C50H35NO/c1-2-11-34(12-3-1)38-16-10-17-39(31-38)36-21-26-42(27-22-36)51(43-28-23-35-13-4-5-15-40(35)32-43)48-20-9-8-18-44(48)41-25-30-49-47(33-41)46-29-24-37-14-6-7-19-45(37)50(46)52-49/h1-33,47,49H. The molecule has 2 nitrogen and oxygen atoms in total. The molecule has 10 rings (SSSR count). The van der Waals surface area contributed by atoms with E-state index in [4.69, 9.17) is 4.74 Å². The predicted octanol–water partition coefficient (Wildman–Crippen LogP) is 13.3. The van der Waals surface area contributed by atoms with Gasteiger partial charge in [0, 0.05) is 33.8 Å². The lowest BCUT2D eigenvalue weighted by Crippen LogP contribution is -2.18. The van der Waals surface area contributed by atoms with Gasteiger partial charge >= 0.3 is 0 Å². The third-order valence-corrected chi connectivity index (χ3v) is 10.6. The Morgan fingerprint density at radius 3 is 1.96 bits per heavy atom. The quantitative estimate of drug-likeness (QED) is 0.175. The van der Waals surface area contributed by atoms with E-state index in [0.29, 0.717) is 0 Å². The van der Waals surface area contributed by atoms with Gasteiger partial charge in [-0.1, -0.05) is 158 Å². The first-order valence-corrected chi connectivity index (χ1v) is 18.0. The Hall–Kier alpha value is -6.64. The van der Waals surface area contributed by atoms with Crippen molar-refractivity contribution >= 4 is 44.2 Å². The minimum atomic E-state index is -0.0127. The Labute approximate surface area is 304 Å². The van der Waals surface area contributed by atoms with E-state index in [1.807, 2.05) is 0 Å². The van der Waals surface area contributed by atoms with E-state index in [1.165, 1.54) is 60.5 Å². The normalized spacial score (nSPS) is 15.9. The predicted molar refractivity (Wildman–Crippen MR) is 218 cm³/mol. The summed E-state index contributed by atoms with van der Waals surface area (Å²) in [6.45, 7) is 0. The minimum absolute atomic E-state index is 0.0127. The van der Waals surface area contributed by atoms with Crippen molar-refractivity contribution in [3.63, 3.8) is 0 Å². The zero-order chi connectivity index (χ0) is 34.4. The molecule has 246 valence electrons. The highest BCUT2D eigenvalue weighted by molar-refractivity contribution is 5.95. The van der Waals surface area contributed by atoms with Crippen LogP contribution in [0.1, 0.15) is 17.0 Å². The monoisotopic (exact) mass is 665 g/mol. The number of hydrogen-bond acceptors (Lipinski definition) is 2. The molecule has 8 aromatic rings. The minimum Gasteiger partial charge on any atom is -0.484 e. The van der Waals surface area contributed by atoms with Gasteiger partial charge in [-0.2, -0.15) is 0 Å². The number of benzene rings is 8. The second kappa shape index (κ2) is 12.6. The molecule has 0 saturated heterocycles. The first kappa shape index (κ1) is 30.2. The summed E-state index contributed by atoms with van der Waals surface area (Å²) in [6, 6.07) is 65.5. The second-order valence-corrected chi connectivity index (χ2v) is 13.7. The molecule has 0 amide bonds. The maximum atomic E-state index is 6.60. The van der Waals surface area contributed by atoms with Gasteiger partial charge in [0.25, 0.3) is 0 Å². The van der Waals surface area contributed by atoms with Crippen molar-refractivity contribution < 1.29 is 4.74 Å². The third-order valence-electron chi connectivity index (χ3n) is 10.6. The average Bonchev–Trinajstić information content (AvgIpc) is 3.60. The highest BCUT2D eigenvalue weighted by Gasteiger charge is 2.35. The van der Waals surface area contributed by atoms with E-state index >= 15 is 0 Å². The molecule has 1 aliphatic carbocycles. The Bertz CT molecular complexity index is 2670. The zero-order valence-electron chi connectivity index (χ0n) is 28.6. The van der Waals surface area contributed by atoms with Crippen LogP contribution in [0.5, 0.6) is 5.75 Å². The van der Waals surface area contributed by atoms with Crippen molar-refractivity contribution in [2.24, 2.45) is 0 Å². The molecule has 0 fully saturated rings. The van der Waals surface area contributed by atoms with Crippen LogP contribution in [0.2, 0.25) is 0 Å². The zero-order valence-corrected chi connectivity index (χ0v) is 28.6. The number of fused-ring (bicyclic) bond motifs is 6. The van der Waals surface area contributed by atoms with Crippen LogP contribution in [0.15, 0.2) is 200 Å². The molecular formula is C50H35NO. The van der Waals surface area contributed by atoms with Crippen molar-refractivity contribution in [1.82, 2.24) is 0 Å². The summed E-state index contributed by atoms with van der Waals surface area (Å²) in [4.78, 5) is 2.40. The van der Waals surface area contributed by atoms with E-state index < -0.39 is 0 Å². The van der Waals surface area contributed by atoms with Crippen molar-refractivity contribution in [3.8, 4) is 28.0 Å². The highest BCUT2D eigenvalue weighted by Crippen LogP contribution is 2.48. The van der Waals surface area contributed by atoms with Crippen LogP contribution >= 0.6 is 0 Å². The van der Waals surface area contributed by atoms with Crippen LogP contribution in [0.25, 0.3) is 49.4 Å². The Morgan fingerprint density at radius 2 is 1.12 bits per heavy atom. The van der Waals surface area contributed by atoms with Crippen LogP contribution in [-0.2, 0) is 0 Å². The third kappa shape index (κ3) is 5.28. The lowest BCUT2D eigenvalue weighted by atomic mass is 9.85. The summed E-state index contributed by atoms with van der Waals surface area (Å²) in [5, 5.41) is 4.82. The molecule has 2 unspecified atom stereocenters. The maximum Gasteiger partial charge on any atom is 0.132 e. The maximum absolute atomic E-state index is 6.60. The van der Waals surface area contributed by atoms with Crippen molar-refractivity contribution in [3.05, 3.63) is 211 Å². The molecule has 0 saturated carbocycles. The molecule has 0 N–H and O–H groups in total. The smallest absolute Gasteiger partial charge is 0.132 e.